The van der Waals surface area contributed by atoms with E-state index in [0.29, 0.717) is 11.6 Å². The summed E-state index contributed by atoms with van der Waals surface area (Å²) >= 11 is 5.72. The van der Waals surface area contributed by atoms with Crippen molar-refractivity contribution in [2.75, 3.05) is 5.32 Å². The van der Waals surface area contributed by atoms with Crippen LogP contribution in [-0.4, -0.2) is 20.2 Å². The Hall–Kier alpha value is -2.40. The summed E-state index contributed by atoms with van der Waals surface area (Å²) in [6.45, 7) is 0. The number of nitrogens with one attached hydrogen (secondary N) is 2. The van der Waals surface area contributed by atoms with Crippen molar-refractivity contribution in [2.45, 2.75) is 0 Å². The summed E-state index contributed by atoms with van der Waals surface area (Å²) in [6.07, 6.45) is 1.59. The molecule has 6 heteroatoms. The van der Waals surface area contributed by atoms with Gasteiger partial charge in [0.15, 0.2) is 5.82 Å². The lowest BCUT2D eigenvalue weighted by atomic mass is 10.2. The monoisotopic (exact) mass is 271 g/mol. The number of anilines is 2. The van der Waals surface area contributed by atoms with Gasteiger partial charge in [0.2, 0.25) is 5.28 Å². The molecule has 0 amide bonds. The molecule has 0 aliphatic rings. The van der Waals surface area contributed by atoms with Gasteiger partial charge >= 0.3 is 0 Å². The SMILES string of the molecule is Clc1nccc(Nc2cc(-c3ccccc3)[nH]n2)n1. The van der Waals surface area contributed by atoms with Crippen molar-refractivity contribution in [3.8, 4) is 11.3 Å². The van der Waals surface area contributed by atoms with Crippen molar-refractivity contribution >= 4 is 23.2 Å². The van der Waals surface area contributed by atoms with Gasteiger partial charge in [-0.15, -0.1) is 0 Å². The number of aromatic nitrogens is 4. The number of H-pyrrole nitrogens is 1. The van der Waals surface area contributed by atoms with Crippen LogP contribution in [0.1, 0.15) is 0 Å². The molecule has 2 aromatic heterocycles. The smallest absolute Gasteiger partial charge is 0.224 e. The van der Waals surface area contributed by atoms with E-state index in [2.05, 4.69) is 25.5 Å². The lowest BCUT2D eigenvalue weighted by Gasteiger charge is -2.00. The Bertz CT molecular complexity index is 680. The van der Waals surface area contributed by atoms with Crippen LogP contribution in [-0.2, 0) is 0 Å². The molecule has 3 aromatic rings. The highest BCUT2D eigenvalue weighted by molar-refractivity contribution is 6.28. The van der Waals surface area contributed by atoms with Gasteiger partial charge in [-0.3, -0.25) is 5.10 Å². The van der Waals surface area contributed by atoms with Crippen molar-refractivity contribution in [3.05, 3.63) is 53.9 Å². The molecule has 0 bridgehead atoms. The van der Waals surface area contributed by atoms with Gasteiger partial charge in [-0.25, -0.2) is 9.97 Å². The van der Waals surface area contributed by atoms with Crippen LogP contribution in [0.25, 0.3) is 11.3 Å². The van der Waals surface area contributed by atoms with Crippen molar-refractivity contribution in [2.24, 2.45) is 0 Å². The van der Waals surface area contributed by atoms with E-state index < -0.39 is 0 Å². The van der Waals surface area contributed by atoms with Gasteiger partial charge in [0.05, 0.1) is 5.69 Å². The molecular formula is C13H10ClN5. The molecule has 94 valence electrons. The van der Waals surface area contributed by atoms with Gasteiger partial charge in [0.1, 0.15) is 5.82 Å². The maximum atomic E-state index is 5.72. The van der Waals surface area contributed by atoms with E-state index in [1.807, 2.05) is 36.4 Å². The number of aromatic amines is 1. The summed E-state index contributed by atoms with van der Waals surface area (Å²) < 4.78 is 0. The molecule has 2 heterocycles. The van der Waals surface area contributed by atoms with E-state index in [-0.39, 0.29) is 5.28 Å². The van der Waals surface area contributed by atoms with Gasteiger partial charge in [0, 0.05) is 12.3 Å². The highest BCUT2D eigenvalue weighted by Gasteiger charge is 2.04. The molecule has 0 saturated heterocycles. The fourth-order valence-corrected chi connectivity index (χ4v) is 1.83. The molecule has 3 rings (SSSR count). The Morgan fingerprint density at radius 3 is 2.68 bits per heavy atom. The molecule has 0 fully saturated rings. The predicted octanol–water partition coefficient (Wildman–Crippen LogP) is 3.26. The van der Waals surface area contributed by atoms with Gasteiger partial charge in [-0.05, 0) is 23.2 Å². The average molecular weight is 272 g/mol. The van der Waals surface area contributed by atoms with Gasteiger partial charge in [-0.1, -0.05) is 30.3 Å². The van der Waals surface area contributed by atoms with Crippen LogP contribution in [0.2, 0.25) is 5.28 Å². The fourth-order valence-electron chi connectivity index (χ4n) is 1.69. The van der Waals surface area contributed by atoms with E-state index in [0.717, 1.165) is 11.3 Å². The average Bonchev–Trinajstić information content (AvgIpc) is 2.88. The van der Waals surface area contributed by atoms with Gasteiger partial charge < -0.3 is 5.32 Å². The molecular weight excluding hydrogens is 262 g/mol. The lowest BCUT2D eigenvalue weighted by Crippen LogP contribution is -1.94. The molecule has 0 unspecified atom stereocenters. The van der Waals surface area contributed by atoms with Crippen LogP contribution in [0.3, 0.4) is 0 Å². The maximum absolute atomic E-state index is 5.72. The fraction of sp³-hybridized carbons (Fsp3) is 0. The number of benzene rings is 1. The van der Waals surface area contributed by atoms with Crippen LogP contribution < -0.4 is 5.32 Å². The van der Waals surface area contributed by atoms with E-state index in [1.165, 1.54) is 0 Å². The number of halogens is 1. The summed E-state index contributed by atoms with van der Waals surface area (Å²) in [7, 11) is 0. The maximum Gasteiger partial charge on any atom is 0.224 e. The lowest BCUT2D eigenvalue weighted by molar-refractivity contribution is 1.09. The van der Waals surface area contributed by atoms with Crippen LogP contribution in [0.4, 0.5) is 11.6 Å². The third-order valence-electron chi connectivity index (χ3n) is 2.54. The summed E-state index contributed by atoms with van der Waals surface area (Å²) in [5.74, 6) is 1.28. The van der Waals surface area contributed by atoms with E-state index >= 15 is 0 Å². The minimum atomic E-state index is 0.198. The Morgan fingerprint density at radius 1 is 1.05 bits per heavy atom. The molecule has 0 aliphatic carbocycles. The number of nitrogens with zero attached hydrogens (tertiary/aromatic N) is 3. The van der Waals surface area contributed by atoms with Gasteiger partial charge in [0.25, 0.3) is 0 Å². The summed E-state index contributed by atoms with van der Waals surface area (Å²) in [5.41, 5.74) is 2.01. The predicted molar refractivity (Wildman–Crippen MR) is 74.3 cm³/mol. The Kier molecular flexibility index (Phi) is 3.12. The molecule has 1 aromatic carbocycles. The third kappa shape index (κ3) is 2.71. The Balaban J connectivity index is 1.82. The Morgan fingerprint density at radius 2 is 1.89 bits per heavy atom. The number of hydrogen-bond donors (Lipinski definition) is 2. The molecule has 0 atom stereocenters. The van der Waals surface area contributed by atoms with E-state index in [4.69, 9.17) is 11.6 Å². The number of rotatable bonds is 3. The standard InChI is InChI=1S/C13H10ClN5/c14-13-15-7-6-11(17-13)16-12-8-10(18-19-12)9-4-2-1-3-5-9/h1-8H,(H2,15,16,17,18,19). The molecule has 19 heavy (non-hydrogen) atoms. The highest BCUT2D eigenvalue weighted by atomic mass is 35.5. The summed E-state index contributed by atoms with van der Waals surface area (Å²) in [4.78, 5) is 7.86. The van der Waals surface area contributed by atoms with Crippen LogP contribution >= 0.6 is 11.6 Å². The first-order chi connectivity index (χ1) is 9.31. The molecule has 2 N–H and O–H groups in total. The first kappa shape index (κ1) is 11.7. The quantitative estimate of drug-likeness (QED) is 0.718. The number of hydrogen-bond acceptors (Lipinski definition) is 4. The zero-order valence-electron chi connectivity index (χ0n) is 9.84. The molecule has 0 aliphatic heterocycles. The van der Waals surface area contributed by atoms with Crippen molar-refractivity contribution in [3.63, 3.8) is 0 Å². The molecule has 0 radical (unpaired) electrons. The highest BCUT2D eigenvalue weighted by Crippen LogP contribution is 2.21. The second-order valence-corrected chi connectivity index (χ2v) is 4.21. The van der Waals surface area contributed by atoms with Crippen LogP contribution in [0, 0.1) is 0 Å². The zero-order chi connectivity index (χ0) is 13.1. The minimum Gasteiger partial charge on any atom is -0.323 e. The van der Waals surface area contributed by atoms with Crippen LogP contribution in [0.5, 0.6) is 0 Å². The molecule has 0 spiro atoms. The first-order valence-electron chi connectivity index (χ1n) is 5.68. The summed E-state index contributed by atoms with van der Waals surface area (Å²) in [5, 5.41) is 10.4. The first-order valence-corrected chi connectivity index (χ1v) is 6.05. The third-order valence-corrected chi connectivity index (χ3v) is 2.73. The summed E-state index contributed by atoms with van der Waals surface area (Å²) in [6, 6.07) is 13.6. The van der Waals surface area contributed by atoms with Gasteiger partial charge in [-0.2, -0.15) is 5.10 Å². The Labute approximate surface area is 114 Å². The molecule has 0 saturated carbocycles. The van der Waals surface area contributed by atoms with Crippen molar-refractivity contribution in [1.29, 1.82) is 0 Å². The minimum absolute atomic E-state index is 0.198. The second-order valence-electron chi connectivity index (χ2n) is 3.87. The van der Waals surface area contributed by atoms with Crippen molar-refractivity contribution < 1.29 is 0 Å². The van der Waals surface area contributed by atoms with Crippen molar-refractivity contribution in [1.82, 2.24) is 20.2 Å². The van der Waals surface area contributed by atoms with E-state index in [9.17, 15) is 0 Å². The largest absolute Gasteiger partial charge is 0.323 e. The second kappa shape index (κ2) is 5.07. The van der Waals surface area contributed by atoms with Crippen LogP contribution in [0.15, 0.2) is 48.7 Å². The van der Waals surface area contributed by atoms with E-state index in [1.54, 1.807) is 12.3 Å². The normalized spacial score (nSPS) is 10.4. The topological polar surface area (TPSA) is 66.5 Å². The molecule has 5 nitrogen and oxygen atoms in total. The zero-order valence-corrected chi connectivity index (χ0v) is 10.6.